The lowest BCUT2D eigenvalue weighted by molar-refractivity contribution is 0.669. The molecule has 0 atom stereocenters. The lowest BCUT2D eigenvalue weighted by atomic mass is 9.91. The smallest absolute Gasteiger partial charge is 0.143 e. The molecule has 5 heterocycles. The fourth-order valence-electron chi connectivity index (χ4n) is 21.7. The van der Waals surface area contributed by atoms with Gasteiger partial charge in [0, 0.05) is 81.9 Å². The molecule has 0 saturated heterocycles. The second kappa shape index (κ2) is 40.4. The second-order valence-electron chi connectivity index (χ2n) is 40.5. The molecule has 149 heavy (non-hydrogen) atoms. The Morgan fingerprint density at radius 2 is 0.403 bits per heavy atom. The van der Waals surface area contributed by atoms with Gasteiger partial charge in [-0.3, -0.25) is 0 Å². The highest BCUT2D eigenvalue weighted by atomic mass is 16.3. The minimum absolute atomic E-state index is 0.488. The van der Waals surface area contributed by atoms with Crippen LogP contribution in [-0.2, 0) is 0 Å². The number of fused-ring (bicyclic) bond motifs is 15. The molecule has 716 valence electrons. The van der Waals surface area contributed by atoms with Gasteiger partial charge in [-0.15, -0.1) is 0 Å². The van der Waals surface area contributed by atoms with Crippen molar-refractivity contribution in [2.45, 2.75) is 79.1 Å². The molecule has 0 spiro atoms. The average molecular weight is 1920 g/mol. The van der Waals surface area contributed by atoms with Crippen LogP contribution in [0.1, 0.15) is 101 Å². The third kappa shape index (κ3) is 18.5. The summed E-state index contributed by atoms with van der Waals surface area (Å²) in [5.74, 6) is 2.06. The van der Waals surface area contributed by atoms with E-state index in [9.17, 15) is 0 Å². The molecule has 0 aliphatic rings. The molecule has 0 fully saturated rings. The quantitative estimate of drug-likeness (QED) is 0.0913. The summed E-state index contributed by atoms with van der Waals surface area (Å²) >= 11 is 0. The molecule has 5 heteroatoms. The fraction of sp³-hybridized carbons (Fsp3) is 0.0833. The van der Waals surface area contributed by atoms with Crippen molar-refractivity contribution in [3.8, 4) is 134 Å². The first-order chi connectivity index (χ1) is 73.1. The Bertz CT molecular complexity index is 9390. The summed E-state index contributed by atoms with van der Waals surface area (Å²) in [7, 11) is 0. The van der Waals surface area contributed by atoms with E-state index in [0.29, 0.717) is 23.7 Å². The van der Waals surface area contributed by atoms with Crippen LogP contribution in [0.25, 0.3) is 243 Å². The molecule has 0 saturated carbocycles. The highest BCUT2D eigenvalue weighted by molar-refractivity contribution is 6.16. The second-order valence-corrected chi connectivity index (χ2v) is 40.5. The van der Waals surface area contributed by atoms with Gasteiger partial charge in [0.05, 0.1) is 22.1 Å². The highest BCUT2D eigenvalue weighted by Crippen LogP contribution is 2.48. The Balaban J connectivity index is 0.000000106. The van der Waals surface area contributed by atoms with Gasteiger partial charge < -0.3 is 22.4 Å². The first-order valence-electron chi connectivity index (χ1n) is 52.1. The van der Waals surface area contributed by atoms with E-state index < -0.39 is 0 Å². The van der Waals surface area contributed by atoms with Gasteiger partial charge in [-0.25, -0.2) is 0 Å². The van der Waals surface area contributed by atoms with Crippen molar-refractivity contribution in [1.82, 2.24) is 9.13 Å². The number of nitrogens with zero attached hydrogens (tertiary/aromatic N) is 2. The summed E-state index contributed by atoms with van der Waals surface area (Å²) < 4.78 is 24.2. The minimum Gasteiger partial charge on any atom is -0.455 e. The van der Waals surface area contributed by atoms with Crippen LogP contribution < -0.4 is 0 Å². The number of rotatable bonds is 17. The van der Waals surface area contributed by atoms with Gasteiger partial charge in [0.15, 0.2) is 0 Å². The number of benzene rings is 22. The largest absolute Gasteiger partial charge is 0.455 e. The Labute approximate surface area is 870 Å². The molecule has 22 aromatic carbocycles. The van der Waals surface area contributed by atoms with Crippen LogP contribution >= 0.6 is 0 Å². The third-order valence-electron chi connectivity index (χ3n) is 29.7. The van der Waals surface area contributed by atoms with Gasteiger partial charge in [-0.1, -0.05) is 432 Å². The maximum Gasteiger partial charge on any atom is 0.143 e. The van der Waals surface area contributed by atoms with E-state index >= 15 is 0 Å². The number of para-hydroxylation sites is 8. The maximum atomic E-state index is 6.47. The van der Waals surface area contributed by atoms with Gasteiger partial charge in [-0.05, 0) is 285 Å². The Kier molecular flexibility index (Phi) is 25.3. The molecule has 0 aliphatic carbocycles. The molecule has 0 unspecified atom stereocenters. The van der Waals surface area contributed by atoms with E-state index in [-0.39, 0.29) is 0 Å². The zero-order valence-corrected chi connectivity index (χ0v) is 84.9. The standard InChI is InChI=1S/C39H31N.C39H28O2.C33H27N.C33H26O/c1-27(2)28-17-19-30(20-18-28)33-23-32(29-11-5-3-6-12-29)24-34(25-33)31-21-22-39-37(26-31)36-15-9-10-16-38(36)40(39)35-13-7-4-8-14-35;1-24(2)25-17-19-26(20-18-25)27-21-28(30-11-7-13-34-32-9-3-5-15-36(32)40-38(30)34)23-29(22-27)31-12-8-14-35-33-10-4-6-16-37(33)41-39(31)35;1-23(2)24-16-18-26(19-17-24)28-20-27(25-10-4-3-5-11-25)21-29(22-28)34-32-14-8-6-12-30(32)31-13-7-9-15-33(31)34;1-22(2)23-13-15-25(16-14-23)27-17-18-32-30(19-27)31-21-28(24-9-5-3-6-10-24)20-29(33(31)34-32)26-11-7-4-8-12-26/h3-27H,1-2H3;3-24H,1-2H3;3-23H,1-2H3;3-22H,1-2H3. The summed E-state index contributed by atoms with van der Waals surface area (Å²) in [6, 6.07) is 183. The molecule has 5 nitrogen and oxygen atoms in total. The molecule has 27 rings (SSSR count). The Hall–Kier alpha value is -18.2. The average Bonchev–Trinajstić information content (AvgIpc) is 1.64. The molecule has 0 bridgehead atoms. The molecule has 27 aromatic rings. The number of hydrogen-bond donors (Lipinski definition) is 0. The first kappa shape index (κ1) is 93.2. The van der Waals surface area contributed by atoms with Gasteiger partial charge in [0.2, 0.25) is 0 Å². The van der Waals surface area contributed by atoms with Crippen molar-refractivity contribution in [2.24, 2.45) is 0 Å². The molecule has 0 radical (unpaired) electrons. The molecular formula is C144H112N2O3. The number of furan rings is 3. The van der Waals surface area contributed by atoms with E-state index in [0.717, 1.165) is 105 Å². The van der Waals surface area contributed by atoms with E-state index in [1.807, 2.05) is 24.3 Å². The zero-order valence-electron chi connectivity index (χ0n) is 84.9. The Morgan fingerprint density at radius 3 is 0.819 bits per heavy atom. The van der Waals surface area contributed by atoms with Crippen LogP contribution in [-0.4, -0.2) is 9.13 Å². The summed E-state index contributed by atoms with van der Waals surface area (Å²) in [6.45, 7) is 17.9. The van der Waals surface area contributed by atoms with Crippen LogP contribution in [0.3, 0.4) is 0 Å². The minimum atomic E-state index is 0.488. The van der Waals surface area contributed by atoms with Crippen molar-refractivity contribution in [1.29, 1.82) is 0 Å². The van der Waals surface area contributed by atoms with Gasteiger partial charge in [0.25, 0.3) is 0 Å². The van der Waals surface area contributed by atoms with Crippen molar-refractivity contribution in [3.05, 3.63) is 532 Å². The summed E-state index contributed by atoms with van der Waals surface area (Å²) in [5, 5.41) is 11.9. The van der Waals surface area contributed by atoms with Gasteiger partial charge in [0.1, 0.15) is 33.5 Å². The van der Waals surface area contributed by atoms with Gasteiger partial charge >= 0.3 is 0 Å². The Morgan fingerprint density at radius 1 is 0.141 bits per heavy atom. The molecule has 5 aromatic heterocycles. The SMILES string of the molecule is CC(C)c1ccc(-c2cc(-c3cccc4c3oc3ccccc34)cc(-c3cccc4c3oc3ccccc34)c2)cc1.CC(C)c1ccc(-c2cc(-c3ccccc3)cc(-c3ccc4c(c3)c3ccccc3n4-c3ccccc3)c2)cc1.CC(C)c1ccc(-c2cc(-c3ccccc3)cc(-n3c4ccccc4c4ccccc43)c2)cc1.CC(C)c1ccc(-c2ccc3oc4c(-c5ccccc5)cc(-c5ccccc5)cc4c3c2)cc1. The fourth-order valence-corrected chi connectivity index (χ4v) is 21.7. The van der Waals surface area contributed by atoms with Crippen molar-refractivity contribution in [3.63, 3.8) is 0 Å². The van der Waals surface area contributed by atoms with E-state index in [2.05, 4.69) is 550 Å². The van der Waals surface area contributed by atoms with Crippen LogP contribution in [0.15, 0.2) is 523 Å². The van der Waals surface area contributed by atoms with E-state index in [4.69, 9.17) is 13.3 Å². The molecule has 0 amide bonds. The van der Waals surface area contributed by atoms with E-state index in [1.165, 1.54) is 161 Å². The number of aromatic nitrogens is 2. The third-order valence-corrected chi connectivity index (χ3v) is 29.7. The van der Waals surface area contributed by atoms with Crippen molar-refractivity contribution < 1.29 is 13.3 Å². The lowest BCUT2D eigenvalue weighted by Crippen LogP contribution is -1.96. The summed E-state index contributed by atoms with van der Waals surface area (Å²) in [4.78, 5) is 0. The first-order valence-corrected chi connectivity index (χ1v) is 52.1. The van der Waals surface area contributed by atoms with Crippen LogP contribution in [0.5, 0.6) is 0 Å². The monoisotopic (exact) mass is 1920 g/mol. The lowest BCUT2D eigenvalue weighted by Gasteiger charge is -2.14. The normalized spacial score (nSPS) is 11.6. The van der Waals surface area contributed by atoms with Crippen LogP contribution in [0, 0.1) is 0 Å². The number of hydrogen-bond acceptors (Lipinski definition) is 3. The zero-order chi connectivity index (χ0) is 101. The van der Waals surface area contributed by atoms with Crippen LogP contribution in [0.2, 0.25) is 0 Å². The van der Waals surface area contributed by atoms with Crippen LogP contribution in [0.4, 0.5) is 0 Å². The predicted molar refractivity (Wildman–Crippen MR) is 632 cm³/mol. The summed E-state index contributed by atoms with van der Waals surface area (Å²) in [5.41, 5.74) is 44.3. The van der Waals surface area contributed by atoms with Crippen molar-refractivity contribution in [2.75, 3.05) is 0 Å². The highest BCUT2D eigenvalue weighted by Gasteiger charge is 2.24. The predicted octanol–water partition coefficient (Wildman–Crippen LogP) is 41.5. The van der Waals surface area contributed by atoms with Crippen molar-refractivity contribution >= 4 is 109 Å². The van der Waals surface area contributed by atoms with Gasteiger partial charge in [-0.2, -0.15) is 0 Å². The molecular weight excluding hydrogens is 1810 g/mol. The van der Waals surface area contributed by atoms with E-state index in [1.54, 1.807) is 0 Å². The molecule has 0 aliphatic heterocycles. The maximum absolute atomic E-state index is 6.47. The summed E-state index contributed by atoms with van der Waals surface area (Å²) in [6.07, 6.45) is 0. The topological polar surface area (TPSA) is 49.3 Å². The molecule has 0 N–H and O–H groups in total.